The maximum atomic E-state index is 11.7. The van der Waals surface area contributed by atoms with Crippen molar-refractivity contribution in [1.29, 1.82) is 0 Å². The third-order valence-corrected chi connectivity index (χ3v) is 6.03. The minimum Gasteiger partial charge on any atom is -0.314 e. The molecule has 0 radical (unpaired) electrons. The van der Waals surface area contributed by atoms with Crippen LogP contribution >= 0.6 is 0 Å². The van der Waals surface area contributed by atoms with Crippen LogP contribution in [0, 0.1) is 5.92 Å². The molecule has 0 aromatic carbocycles. The highest BCUT2D eigenvalue weighted by Gasteiger charge is 2.28. The third-order valence-electron chi connectivity index (χ3n) is 4.39. The second-order valence-electron chi connectivity index (χ2n) is 6.10. The first-order chi connectivity index (χ1) is 8.97. The topological polar surface area (TPSA) is 46.2 Å². The van der Waals surface area contributed by atoms with Crippen LogP contribution in [0.2, 0.25) is 0 Å². The Balaban J connectivity index is 2.39. The molecular formula is C15H31NO2S. The van der Waals surface area contributed by atoms with Gasteiger partial charge in [0.2, 0.25) is 0 Å². The summed E-state index contributed by atoms with van der Waals surface area (Å²) >= 11 is 0. The predicted octanol–water partition coefficient (Wildman–Crippen LogP) is 3.15. The number of hydrogen-bond acceptors (Lipinski definition) is 3. The highest BCUT2D eigenvalue weighted by molar-refractivity contribution is 7.91. The minimum atomic E-state index is -2.83. The van der Waals surface area contributed by atoms with E-state index >= 15 is 0 Å². The largest absolute Gasteiger partial charge is 0.314 e. The zero-order valence-corrected chi connectivity index (χ0v) is 13.6. The standard InChI is InChI=1S/C15H31NO2S/c1-4-7-14(16-5-2)11-10-13-8-6-9-15(12-13)19(3,17)18/h13-16H,4-12H2,1-3H3. The molecule has 1 rings (SSSR count). The quantitative estimate of drug-likeness (QED) is 0.746. The van der Waals surface area contributed by atoms with E-state index in [2.05, 4.69) is 19.2 Å². The first kappa shape index (κ1) is 17.0. The van der Waals surface area contributed by atoms with E-state index in [4.69, 9.17) is 0 Å². The Morgan fingerprint density at radius 3 is 2.53 bits per heavy atom. The van der Waals surface area contributed by atoms with Crippen molar-refractivity contribution in [3.05, 3.63) is 0 Å². The van der Waals surface area contributed by atoms with Gasteiger partial charge < -0.3 is 5.32 Å². The molecule has 1 N–H and O–H groups in total. The summed E-state index contributed by atoms with van der Waals surface area (Å²) in [7, 11) is -2.83. The molecule has 1 fully saturated rings. The van der Waals surface area contributed by atoms with Crippen molar-refractivity contribution in [3.8, 4) is 0 Å². The molecule has 0 amide bonds. The molecule has 0 aromatic heterocycles. The number of rotatable bonds is 8. The van der Waals surface area contributed by atoms with E-state index in [9.17, 15) is 8.42 Å². The monoisotopic (exact) mass is 289 g/mol. The molecule has 3 nitrogen and oxygen atoms in total. The van der Waals surface area contributed by atoms with Crippen molar-refractivity contribution in [2.75, 3.05) is 12.8 Å². The fourth-order valence-corrected chi connectivity index (χ4v) is 4.53. The number of sulfone groups is 1. The second kappa shape index (κ2) is 8.25. The average molecular weight is 289 g/mol. The molecule has 1 aliphatic carbocycles. The second-order valence-corrected chi connectivity index (χ2v) is 8.43. The third kappa shape index (κ3) is 6.26. The minimum absolute atomic E-state index is 0.0741. The van der Waals surface area contributed by atoms with E-state index < -0.39 is 9.84 Å². The van der Waals surface area contributed by atoms with Crippen LogP contribution in [0.5, 0.6) is 0 Å². The van der Waals surface area contributed by atoms with Crippen molar-refractivity contribution >= 4 is 9.84 Å². The summed E-state index contributed by atoms with van der Waals surface area (Å²) in [6.07, 6.45) is 10.3. The summed E-state index contributed by atoms with van der Waals surface area (Å²) in [5, 5.41) is 3.47. The van der Waals surface area contributed by atoms with Crippen LogP contribution in [-0.4, -0.2) is 32.5 Å². The fourth-order valence-electron chi connectivity index (χ4n) is 3.32. The molecule has 0 aromatic rings. The molecule has 4 heteroatoms. The van der Waals surface area contributed by atoms with Crippen LogP contribution in [0.25, 0.3) is 0 Å². The van der Waals surface area contributed by atoms with E-state index in [1.54, 1.807) is 0 Å². The lowest BCUT2D eigenvalue weighted by Gasteiger charge is -2.29. The van der Waals surface area contributed by atoms with Gasteiger partial charge in [0.25, 0.3) is 0 Å². The first-order valence-corrected chi connectivity index (χ1v) is 9.85. The van der Waals surface area contributed by atoms with E-state index in [0.717, 1.165) is 25.8 Å². The lowest BCUT2D eigenvalue weighted by atomic mass is 9.84. The lowest BCUT2D eigenvalue weighted by Crippen LogP contribution is -2.31. The molecule has 1 aliphatic rings. The summed E-state index contributed by atoms with van der Waals surface area (Å²) in [4.78, 5) is 0. The van der Waals surface area contributed by atoms with Crippen LogP contribution in [0.4, 0.5) is 0 Å². The molecule has 3 atom stereocenters. The van der Waals surface area contributed by atoms with Crippen LogP contribution in [0.3, 0.4) is 0 Å². The van der Waals surface area contributed by atoms with E-state index in [1.165, 1.54) is 38.4 Å². The van der Waals surface area contributed by atoms with Gasteiger partial charge in [0.1, 0.15) is 9.84 Å². The molecular weight excluding hydrogens is 258 g/mol. The Kier molecular flexibility index (Phi) is 7.37. The average Bonchev–Trinajstić information content (AvgIpc) is 2.36. The highest BCUT2D eigenvalue weighted by atomic mass is 32.2. The predicted molar refractivity (Wildman–Crippen MR) is 82.2 cm³/mol. The van der Waals surface area contributed by atoms with Gasteiger partial charge in [0.05, 0.1) is 5.25 Å². The van der Waals surface area contributed by atoms with Crippen LogP contribution < -0.4 is 5.32 Å². The molecule has 0 spiro atoms. The summed E-state index contributed by atoms with van der Waals surface area (Å²) in [5.41, 5.74) is 0. The Morgan fingerprint density at radius 1 is 1.21 bits per heavy atom. The van der Waals surface area contributed by atoms with Crippen molar-refractivity contribution < 1.29 is 8.42 Å². The number of hydrogen-bond donors (Lipinski definition) is 1. The molecule has 0 saturated heterocycles. The molecule has 0 bridgehead atoms. The van der Waals surface area contributed by atoms with E-state index in [1.807, 2.05) is 0 Å². The van der Waals surface area contributed by atoms with Gasteiger partial charge in [0.15, 0.2) is 0 Å². The van der Waals surface area contributed by atoms with Crippen LogP contribution in [0.1, 0.15) is 65.2 Å². The van der Waals surface area contributed by atoms with Crippen molar-refractivity contribution in [2.24, 2.45) is 5.92 Å². The first-order valence-electron chi connectivity index (χ1n) is 7.89. The van der Waals surface area contributed by atoms with E-state index in [-0.39, 0.29) is 5.25 Å². The normalized spacial score (nSPS) is 26.3. The van der Waals surface area contributed by atoms with Crippen LogP contribution in [0.15, 0.2) is 0 Å². The SMILES string of the molecule is CCCC(CCC1CCCC(S(C)(=O)=O)C1)NCC. The van der Waals surface area contributed by atoms with Gasteiger partial charge in [-0.05, 0) is 44.6 Å². The van der Waals surface area contributed by atoms with Gasteiger partial charge >= 0.3 is 0 Å². The van der Waals surface area contributed by atoms with Crippen molar-refractivity contribution in [3.63, 3.8) is 0 Å². The van der Waals surface area contributed by atoms with Gasteiger partial charge in [0, 0.05) is 12.3 Å². The molecule has 0 heterocycles. The van der Waals surface area contributed by atoms with E-state index in [0.29, 0.717) is 12.0 Å². The van der Waals surface area contributed by atoms with Gasteiger partial charge in [-0.2, -0.15) is 0 Å². The maximum Gasteiger partial charge on any atom is 0.150 e. The summed E-state index contributed by atoms with van der Waals surface area (Å²) < 4.78 is 23.3. The van der Waals surface area contributed by atoms with Gasteiger partial charge in [-0.1, -0.05) is 33.1 Å². The Hall–Kier alpha value is -0.0900. The molecule has 114 valence electrons. The Labute approximate surface area is 119 Å². The van der Waals surface area contributed by atoms with Gasteiger partial charge in [-0.3, -0.25) is 0 Å². The maximum absolute atomic E-state index is 11.7. The van der Waals surface area contributed by atoms with Crippen LogP contribution in [-0.2, 0) is 9.84 Å². The van der Waals surface area contributed by atoms with Gasteiger partial charge in [-0.15, -0.1) is 0 Å². The Morgan fingerprint density at radius 2 is 1.95 bits per heavy atom. The molecule has 3 unspecified atom stereocenters. The summed E-state index contributed by atoms with van der Waals surface area (Å²) in [5.74, 6) is 0.617. The van der Waals surface area contributed by atoms with Crippen molar-refractivity contribution in [2.45, 2.75) is 76.5 Å². The Bertz CT molecular complexity index is 334. The van der Waals surface area contributed by atoms with Crippen molar-refractivity contribution in [1.82, 2.24) is 5.32 Å². The fraction of sp³-hybridized carbons (Fsp3) is 1.00. The van der Waals surface area contributed by atoms with Gasteiger partial charge in [-0.25, -0.2) is 8.42 Å². The zero-order valence-electron chi connectivity index (χ0n) is 12.8. The summed E-state index contributed by atoms with van der Waals surface area (Å²) in [6.45, 7) is 5.41. The molecule has 0 aliphatic heterocycles. The summed E-state index contributed by atoms with van der Waals surface area (Å²) in [6, 6.07) is 0.619. The number of nitrogens with one attached hydrogen (secondary N) is 1. The lowest BCUT2D eigenvalue weighted by molar-refractivity contribution is 0.310. The molecule has 19 heavy (non-hydrogen) atoms. The molecule has 1 saturated carbocycles. The highest BCUT2D eigenvalue weighted by Crippen LogP contribution is 2.31. The zero-order chi connectivity index (χ0) is 14.3. The smallest absolute Gasteiger partial charge is 0.150 e.